The first kappa shape index (κ1) is 15.8. The largest absolute Gasteiger partial charge is 0.464 e. The molecule has 0 aliphatic rings. The topological polar surface area (TPSA) is 92.2 Å². The number of methoxy groups -OCH3 is 1. The smallest absolute Gasteiger partial charge is 0.356 e. The number of carbonyl (C=O) groups is 1. The summed E-state index contributed by atoms with van der Waals surface area (Å²) in [5.74, 6) is 0.407. The molecule has 0 bridgehead atoms. The first-order valence-corrected chi connectivity index (χ1v) is 6.46. The fraction of sp³-hybridized carbons (Fsp3) is 0.500. The van der Waals surface area contributed by atoms with Crippen molar-refractivity contribution in [1.82, 2.24) is 4.98 Å². The average molecular weight is 276 g/mol. The van der Waals surface area contributed by atoms with Crippen molar-refractivity contribution in [3.8, 4) is 6.07 Å². The van der Waals surface area contributed by atoms with E-state index in [0.29, 0.717) is 36.9 Å². The SMILES string of the molecule is COC(=O)c1ccc(N)c(N(CCC#N)CC(C)C)n1. The molecule has 0 saturated carbocycles. The van der Waals surface area contributed by atoms with Gasteiger partial charge in [-0.05, 0) is 18.1 Å². The highest BCUT2D eigenvalue weighted by atomic mass is 16.5. The van der Waals surface area contributed by atoms with Crippen molar-refractivity contribution < 1.29 is 9.53 Å². The number of rotatable bonds is 6. The Morgan fingerprint density at radius 1 is 1.55 bits per heavy atom. The van der Waals surface area contributed by atoms with Crippen molar-refractivity contribution >= 4 is 17.5 Å². The summed E-state index contributed by atoms with van der Waals surface area (Å²) >= 11 is 0. The Labute approximate surface area is 119 Å². The van der Waals surface area contributed by atoms with E-state index in [1.54, 1.807) is 6.07 Å². The van der Waals surface area contributed by atoms with E-state index in [-0.39, 0.29) is 5.69 Å². The van der Waals surface area contributed by atoms with Crippen LogP contribution in [0, 0.1) is 17.2 Å². The first-order chi connectivity index (χ1) is 9.49. The van der Waals surface area contributed by atoms with Gasteiger partial charge in [0.25, 0.3) is 0 Å². The molecule has 0 aliphatic carbocycles. The van der Waals surface area contributed by atoms with E-state index in [1.807, 2.05) is 4.90 Å². The van der Waals surface area contributed by atoms with Crippen LogP contribution in [0.15, 0.2) is 12.1 Å². The fourth-order valence-corrected chi connectivity index (χ4v) is 1.84. The lowest BCUT2D eigenvalue weighted by molar-refractivity contribution is 0.0594. The molecule has 1 rings (SSSR count). The number of carbonyl (C=O) groups excluding carboxylic acids is 1. The zero-order valence-electron chi connectivity index (χ0n) is 12.1. The minimum atomic E-state index is -0.504. The molecule has 0 unspecified atom stereocenters. The number of ether oxygens (including phenoxy) is 1. The van der Waals surface area contributed by atoms with Gasteiger partial charge in [-0.25, -0.2) is 9.78 Å². The highest BCUT2D eigenvalue weighted by Crippen LogP contribution is 2.22. The molecule has 6 heteroatoms. The molecule has 0 fully saturated rings. The van der Waals surface area contributed by atoms with E-state index >= 15 is 0 Å². The highest BCUT2D eigenvalue weighted by Gasteiger charge is 2.16. The summed E-state index contributed by atoms with van der Waals surface area (Å²) in [6, 6.07) is 5.27. The van der Waals surface area contributed by atoms with Crippen LogP contribution >= 0.6 is 0 Å². The lowest BCUT2D eigenvalue weighted by Gasteiger charge is -2.26. The molecule has 6 nitrogen and oxygen atoms in total. The predicted octanol–water partition coefficient (Wildman–Crippen LogP) is 1.83. The van der Waals surface area contributed by atoms with Gasteiger partial charge in [0, 0.05) is 13.1 Å². The van der Waals surface area contributed by atoms with Crippen molar-refractivity contribution in [2.75, 3.05) is 30.8 Å². The Morgan fingerprint density at radius 2 is 2.25 bits per heavy atom. The molecule has 0 atom stereocenters. The second-order valence-corrected chi connectivity index (χ2v) is 4.85. The third kappa shape index (κ3) is 4.12. The van der Waals surface area contributed by atoms with Crippen LogP contribution in [-0.2, 0) is 4.74 Å². The molecule has 1 aromatic heterocycles. The molecular weight excluding hydrogens is 256 g/mol. The van der Waals surface area contributed by atoms with Crippen molar-refractivity contribution in [3.05, 3.63) is 17.8 Å². The van der Waals surface area contributed by atoms with Gasteiger partial charge in [0.1, 0.15) is 0 Å². The third-order valence-corrected chi connectivity index (χ3v) is 2.68. The second kappa shape index (κ2) is 7.34. The van der Waals surface area contributed by atoms with E-state index in [2.05, 4.69) is 29.6 Å². The number of hydrogen-bond donors (Lipinski definition) is 1. The molecule has 0 radical (unpaired) electrons. The molecule has 0 aliphatic heterocycles. The van der Waals surface area contributed by atoms with Crippen molar-refractivity contribution in [2.45, 2.75) is 20.3 Å². The Kier molecular flexibility index (Phi) is 5.78. The van der Waals surface area contributed by atoms with E-state index in [9.17, 15) is 4.79 Å². The maximum atomic E-state index is 11.5. The van der Waals surface area contributed by atoms with E-state index in [4.69, 9.17) is 11.0 Å². The van der Waals surface area contributed by atoms with Crippen LogP contribution < -0.4 is 10.6 Å². The quantitative estimate of drug-likeness (QED) is 0.797. The molecule has 1 heterocycles. The van der Waals surface area contributed by atoms with Gasteiger partial charge in [-0.1, -0.05) is 13.8 Å². The van der Waals surface area contributed by atoms with Crippen LogP contribution in [0.4, 0.5) is 11.5 Å². The van der Waals surface area contributed by atoms with Crippen LogP contribution in [-0.4, -0.2) is 31.2 Å². The summed E-state index contributed by atoms with van der Waals surface area (Å²) in [6.07, 6.45) is 0.371. The molecule has 0 aromatic carbocycles. The Bertz CT molecular complexity index is 508. The number of pyridine rings is 1. The predicted molar refractivity (Wildman–Crippen MR) is 77.3 cm³/mol. The van der Waals surface area contributed by atoms with Crippen LogP contribution in [0.1, 0.15) is 30.8 Å². The van der Waals surface area contributed by atoms with Gasteiger partial charge in [0.05, 0.1) is 25.3 Å². The van der Waals surface area contributed by atoms with Gasteiger partial charge in [-0.3, -0.25) is 0 Å². The van der Waals surface area contributed by atoms with Crippen LogP contribution in [0.5, 0.6) is 0 Å². The monoisotopic (exact) mass is 276 g/mol. The van der Waals surface area contributed by atoms with Gasteiger partial charge in [0.15, 0.2) is 11.5 Å². The normalized spacial score (nSPS) is 10.2. The van der Waals surface area contributed by atoms with Crippen LogP contribution in [0.25, 0.3) is 0 Å². The standard InChI is InChI=1S/C14H20N4O2/c1-10(2)9-18(8-4-7-15)13-11(16)5-6-12(17-13)14(19)20-3/h5-6,10H,4,8-9,16H2,1-3H3. The van der Waals surface area contributed by atoms with Gasteiger partial charge in [0.2, 0.25) is 0 Å². The highest BCUT2D eigenvalue weighted by molar-refractivity contribution is 5.88. The second-order valence-electron chi connectivity index (χ2n) is 4.85. The summed E-state index contributed by atoms with van der Waals surface area (Å²) < 4.78 is 4.66. The molecular formula is C14H20N4O2. The zero-order valence-corrected chi connectivity index (χ0v) is 12.1. The maximum Gasteiger partial charge on any atom is 0.356 e. The van der Waals surface area contributed by atoms with E-state index in [0.717, 1.165) is 0 Å². The number of nitrogens with two attached hydrogens (primary N) is 1. The summed E-state index contributed by atoms with van der Waals surface area (Å²) in [5, 5.41) is 8.74. The number of nitrogens with zero attached hydrogens (tertiary/aromatic N) is 3. The molecule has 0 spiro atoms. The van der Waals surface area contributed by atoms with Gasteiger partial charge >= 0.3 is 5.97 Å². The van der Waals surface area contributed by atoms with Crippen LogP contribution in [0.2, 0.25) is 0 Å². The molecule has 1 aromatic rings. The fourth-order valence-electron chi connectivity index (χ4n) is 1.84. The molecule has 20 heavy (non-hydrogen) atoms. The minimum absolute atomic E-state index is 0.211. The molecule has 0 saturated heterocycles. The number of anilines is 2. The Balaban J connectivity index is 3.10. The summed E-state index contributed by atoms with van der Waals surface area (Å²) in [4.78, 5) is 17.7. The maximum absolute atomic E-state index is 11.5. The van der Waals surface area contributed by atoms with E-state index < -0.39 is 5.97 Å². The lowest BCUT2D eigenvalue weighted by atomic mass is 10.2. The van der Waals surface area contributed by atoms with Gasteiger partial charge in [-0.15, -0.1) is 0 Å². The Morgan fingerprint density at radius 3 is 2.80 bits per heavy atom. The third-order valence-electron chi connectivity index (χ3n) is 2.68. The number of aromatic nitrogens is 1. The van der Waals surface area contributed by atoms with Gasteiger partial charge < -0.3 is 15.4 Å². The van der Waals surface area contributed by atoms with Gasteiger partial charge in [-0.2, -0.15) is 5.26 Å². The summed E-state index contributed by atoms with van der Waals surface area (Å²) in [7, 11) is 1.31. The summed E-state index contributed by atoms with van der Waals surface area (Å²) in [5.41, 5.74) is 6.63. The van der Waals surface area contributed by atoms with Crippen molar-refractivity contribution in [2.24, 2.45) is 5.92 Å². The van der Waals surface area contributed by atoms with E-state index in [1.165, 1.54) is 13.2 Å². The molecule has 0 amide bonds. The zero-order chi connectivity index (χ0) is 15.1. The number of nitrogen functional groups attached to an aromatic ring is 1. The van der Waals surface area contributed by atoms with Crippen molar-refractivity contribution in [3.63, 3.8) is 0 Å². The number of esters is 1. The number of nitriles is 1. The lowest BCUT2D eigenvalue weighted by Crippen LogP contribution is -2.30. The number of hydrogen-bond acceptors (Lipinski definition) is 6. The minimum Gasteiger partial charge on any atom is -0.464 e. The average Bonchev–Trinajstić information content (AvgIpc) is 2.43. The molecule has 108 valence electrons. The molecule has 2 N–H and O–H groups in total. The van der Waals surface area contributed by atoms with Crippen molar-refractivity contribution in [1.29, 1.82) is 5.26 Å². The summed E-state index contributed by atoms with van der Waals surface area (Å²) in [6.45, 7) is 5.37. The Hall–Kier alpha value is -2.29. The first-order valence-electron chi connectivity index (χ1n) is 6.46. The van der Waals surface area contributed by atoms with Crippen LogP contribution in [0.3, 0.4) is 0 Å².